The van der Waals surface area contributed by atoms with Crippen LogP contribution in [0.3, 0.4) is 0 Å². The fourth-order valence-electron chi connectivity index (χ4n) is 7.69. The number of carbonyl (C=O) groups is 2. The van der Waals surface area contributed by atoms with Crippen LogP contribution < -0.4 is 4.74 Å². The van der Waals surface area contributed by atoms with E-state index in [1.54, 1.807) is 12.1 Å². The van der Waals surface area contributed by atoms with Crippen molar-refractivity contribution in [3.8, 4) is 5.75 Å². The van der Waals surface area contributed by atoms with Crippen molar-refractivity contribution in [3.63, 3.8) is 0 Å². The first-order chi connectivity index (χ1) is 36.1. The Kier molecular flexibility index (Phi) is 25.9. The van der Waals surface area contributed by atoms with Gasteiger partial charge < -0.3 is 47.7 Å². The number of carboxylic acids is 1. The van der Waals surface area contributed by atoms with Crippen LogP contribution in [-0.4, -0.2) is 210 Å². The number of aromatic nitrogens is 3. The molecule has 0 saturated carbocycles. The average molecular weight is 1050 g/mol. The number of hydrogen-bond acceptors (Lipinski definition) is 18. The smallest absolute Gasteiger partial charge is 0.362 e. The number of carbonyl (C=O) groups excluding carboxylic acids is 1. The number of halogens is 4. The minimum atomic E-state index is -1.83. The van der Waals surface area contributed by atoms with E-state index >= 15 is 0 Å². The molecule has 3 aromatic heterocycles. The Bertz CT molecular complexity index is 2250. The van der Waals surface area contributed by atoms with Crippen molar-refractivity contribution in [2.24, 2.45) is 0 Å². The summed E-state index contributed by atoms with van der Waals surface area (Å²) in [6.45, 7) is 13.5. The number of pyridine rings is 3. The molecule has 0 bridgehead atoms. The van der Waals surface area contributed by atoms with Crippen LogP contribution >= 0.6 is 0 Å². The van der Waals surface area contributed by atoms with Gasteiger partial charge >= 0.3 is 11.9 Å². The second-order valence-corrected chi connectivity index (χ2v) is 17.1. The first kappa shape index (κ1) is 58.1. The molecule has 4 aromatic rings. The predicted molar refractivity (Wildman–Crippen MR) is 259 cm³/mol. The maximum atomic E-state index is 14.2. The highest BCUT2D eigenvalue weighted by atomic mass is 19.2. The molecular formula is C51H67F4N7O12. The van der Waals surface area contributed by atoms with E-state index in [-0.39, 0.29) is 24.0 Å². The summed E-state index contributed by atoms with van der Waals surface area (Å²) in [5, 5.41) is 9.35. The van der Waals surface area contributed by atoms with Gasteiger partial charge in [0.1, 0.15) is 11.4 Å². The summed E-state index contributed by atoms with van der Waals surface area (Å²) in [6, 6.07) is 15.5. The lowest BCUT2D eigenvalue weighted by atomic mass is 10.2. The molecule has 0 aliphatic carbocycles. The van der Waals surface area contributed by atoms with Gasteiger partial charge in [-0.2, -0.15) is 8.78 Å². The van der Waals surface area contributed by atoms with Gasteiger partial charge in [-0.25, -0.2) is 28.3 Å². The van der Waals surface area contributed by atoms with Gasteiger partial charge in [-0.3, -0.25) is 24.6 Å². The summed E-state index contributed by atoms with van der Waals surface area (Å²) in [6.07, 6.45) is 0. The van der Waals surface area contributed by atoms with Gasteiger partial charge in [0.2, 0.25) is 17.4 Å². The molecule has 0 radical (unpaired) electrons. The molecule has 2 aliphatic rings. The van der Waals surface area contributed by atoms with E-state index in [2.05, 4.69) is 29.4 Å². The van der Waals surface area contributed by atoms with Gasteiger partial charge in [0.15, 0.2) is 11.6 Å². The standard InChI is InChI=1S/C51H67F4N7O12/c52-43-34-44(53)48(55)49(47(43)54)74-51(65)46-9-3-7-42(58-46)38-62-16-24-72-32-28-68-20-12-60(13-21-69-29-33-73-25-17-62)36-40-5-1-4-39(56-40)35-59-10-18-66-26-30-70-22-14-61(15-23-71-31-27-67-19-11-59)37-41-6-2-8-45(57-41)50(63)64/h1-9,34H,10-33,35-38H2,(H,63,64). The minimum absolute atomic E-state index is 0.0118. The Hall–Kier alpha value is -5.15. The summed E-state index contributed by atoms with van der Waals surface area (Å²) in [5.74, 6) is -10.9. The second kappa shape index (κ2) is 33.0. The number of carboxylic acid groups (broad SMARTS) is 1. The van der Waals surface area contributed by atoms with Crippen LogP contribution in [-0.2, 0) is 64.1 Å². The molecule has 2 saturated heterocycles. The van der Waals surface area contributed by atoms with E-state index in [0.29, 0.717) is 189 Å². The summed E-state index contributed by atoms with van der Waals surface area (Å²) in [4.78, 5) is 46.3. The van der Waals surface area contributed by atoms with Crippen molar-refractivity contribution < 1.29 is 74.9 Å². The molecule has 6 rings (SSSR count). The molecule has 0 atom stereocenters. The van der Waals surface area contributed by atoms with E-state index in [9.17, 15) is 32.3 Å². The first-order valence-corrected chi connectivity index (χ1v) is 24.8. The number of hydrogen-bond donors (Lipinski definition) is 1. The number of rotatable bonds is 11. The van der Waals surface area contributed by atoms with Crippen molar-refractivity contribution >= 4 is 11.9 Å². The number of benzene rings is 1. The second-order valence-electron chi connectivity index (χ2n) is 17.1. The summed E-state index contributed by atoms with van der Waals surface area (Å²) < 4.78 is 108. The highest BCUT2D eigenvalue weighted by Crippen LogP contribution is 2.27. The molecule has 1 N–H and O–H groups in total. The Morgan fingerprint density at radius 3 is 1.04 bits per heavy atom. The van der Waals surface area contributed by atoms with Crippen molar-refractivity contribution in [2.75, 3.05) is 158 Å². The Balaban J connectivity index is 0.924. The molecule has 0 amide bonds. The first-order valence-electron chi connectivity index (χ1n) is 24.8. The molecule has 2 fully saturated rings. The quantitative estimate of drug-likeness (QED) is 0.0977. The molecule has 2 aliphatic heterocycles. The molecular weight excluding hydrogens is 979 g/mol. The Labute approximate surface area is 428 Å². The van der Waals surface area contributed by atoms with Gasteiger partial charge in [-0.15, -0.1) is 0 Å². The van der Waals surface area contributed by atoms with Crippen molar-refractivity contribution in [1.82, 2.24) is 34.6 Å². The van der Waals surface area contributed by atoms with E-state index < -0.39 is 41.0 Å². The molecule has 0 spiro atoms. The van der Waals surface area contributed by atoms with Crippen LogP contribution in [0.1, 0.15) is 43.8 Å². The van der Waals surface area contributed by atoms with Gasteiger partial charge in [-0.05, 0) is 36.4 Å². The summed E-state index contributed by atoms with van der Waals surface area (Å²) >= 11 is 0. The normalized spacial score (nSPS) is 18.9. The SMILES string of the molecule is O=C(O)c1cccc(CN2CCOCCOCCN(Cc3cccc(CN4CCOCCOCCN(Cc5cccc(C(=O)Oc6c(F)c(F)cc(F)c6F)n5)CCOCCOCC4)n3)CCOCCOCC2)n1. The summed E-state index contributed by atoms with van der Waals surface area (Å²) in [7, 11) is 0. The van der Waals surface area contributed by atoms with Crippen LogP contribution in [0.15, 0.2) is 60.7 Å². The van der Waals surface area contributed by atoms with Crippen LogP contribution in [0.5, 0.6) is 5.75 Å². The van der Waals surface area contributed by atoms with Crippen molar-refractivity contribution in [3.05, 3.63) is 118 Å². The minimum Gasteiger partial charge on any atom is -0.477 e. The van der Waals surface area contributed by atoms with E-state index in [1.165, 1.54) is 18.2 Å². The van der Waals surface area contributed by atoms with Gasteiger partial charge in [0.05, 0.1) is 128 Å². The van der Waals surface area contributed by atoms with E-state index in [1.807, 2.05) is 29.2 Å². The lowest BCUT2D eigenvalue weighted by Crippen LogP contribution is -2.33. The van der Waals surface area contributed by atoms with E-state index in [4.69, 9.17) is 42.9 Å². The Morgan fingerprint density at radius 2 is 0.716 bits per heavy atom. The molecule has 19 nitrogen and oxygen atoms in total. The Morgan fingerprint density at radius 1 is 0.432 bits per heavy atom. The lowest BCUT2D eigenvalue weighted by molar-refractivity contribution is 0.00564. The van der Waals surface area contributed by atoms with E-state index in [0.717, 1.165) is 11.4 Å². The lowest BCUT2D eigenvalue weighted by Gasteiger charge is -2.24. The van der Waals surface area contributed by atoms with Crippen LogP contribution in [0.2, 0.25) is 0 Å². The summed E-state index contributed by atoms with van der Waals surface area (Å²) in [5.41, 5.74) is 2.63. The topological polar surface area (TPSA) is 189 Å². The third-order valence-electron chi connectivity index (χ3n) is 11.6. The highest BCUT2D eigenvalue weighted by Gasteiger charge is 2.25. The van der Waals surface area contributed by atoms with Crippen molar-refractivity contribution in [1.29, 1.82) is 0 Å². The fraction of sp³-hybridized carbons (Fsp3) is 0.549. The number of aromatic carboxylic acids is 1. The zero-order valence-electron chi connectivity index (χ0n) is 41.7. The number of nitrogens with zero attached hydrogens (tertiary/aromatic N) is 7. The molecule has 0 unspecified atom stereocenters. The third-order valence-corrected chi connectivity index (χ3v) is 11.6. The molecule has 406 valence electrons. The van der Waals surface area contributed by atoms with Gasteiger partial charge in [0.25, 0.3) is 0 Å². The number of ether oxygens (including phenoxy) is 9. The van der Waals surface area contributed by atoms with Crippen LogP contribution in [0.25, 0.3) is 0 Å². The largest absolute Gasteiger partial charge is 0.477 e. The van der Waals surface area contributed by atoms with Gasteiger partial charge in [0, 0.05) is 84.6 Å². The molecule has 74 heavy (non-hydrogen) atoms. The highest BCUT2D eigenvalue weighted by molar-refractivity contribution is 5.89. The van der Waals surface area contributed by atoms with Gasteiger partial charge in [-0.1, -0.05) is 18.2 Å². The average Bonchev–Trinajstić information content (AvgIpc) is 3.39. The predicted octanol–water partition coefficient (Wildman–Crippen LogP) is 4.11. The zero-order chi connectivity index (χ0) is 52.2. The fourth-order valence-corrected chi connectivity index (χ4v) is 7.69. The third kappa shape index (κ3) is 21.2. The molecule has 23 heteroatoms. The number of esters is 1. The maximum Gasteiger partial charge on any atom is 0.362 e. The molecule has 1 aromatic carbocycles. The van der Waals surface area contributed by atoms with Crippen LogP contribution in [0, 0.1) is 23.3 Å². The zero-order valence-corrected chi connectivity index (χ0v) is 41.7. The monoisotopic (exact) mass is 1050 g/mol. The maximum absolute atomic E-state index is 14.2. The van der Waals surface area contributed by atoms with Crippen molar-refractivity contribution in [2.45, 2.75) is 26.2 Å². The molecule has 5 heterocycles. The van der Waals surface area contributed by atoms with Crippen LogP contribution in [0.4, 0.5) is 17.6 Å².